The van der Waals surface area contributed by atoms with Gasteiger partial charge in [-0.25, -0.2) is 14.8 Å². The zero-order valence-electron chi connectivity index (χ0n) is 11.6. The van der Waals surface area contributed by atoms with Gasteiger partial charge in [0.1, 0.15) is 5.60 Å². The summed E-state index contributed by atoms with van der Waals surface area (Å²) in [6, 6.07) is 0. The number of hydrogen-bond acceptors (Lipinski definition) is 5. The molecule has 0 aliphatic heterocycles. The first-order chi connectivity index (χ1) is 8.78. The van der Waals surface area contributed by atoms with E-state index in [-0.39, 0.29) is 11.5 Å². The number of amides is 1. The molecule has 104 valence electrons. The van der Waals surface area contributed by atoms with Crippen LogP contribution in [0.3, 0.4) is 0 Å². The fourth-order valence-electron chi connectivity index (χ4n) is 1.89. The van der Waals surface area contributed by atoms with Crippen LogP contribution in [0.2, 0.25) is 0 Å². The van der Waals surface area contributed by atoms with Crippen LogP contribution in [-0.2, 0) is 10.3 Å². The average molecular weight is 264 g/mol. The minimum atomic E-state index is -0.564. The van der Waals surface area contributed by atoms with Gasteiger partial charge in [-0.2, -0.15) is 0 Å². The van der Waals surface area contributed by atoms with E-state index in [0.29, 0.717) is 0 Å². The maximum absolute atomic E-state index is 11.5. The van der Waals surface area contributed by atoms with E-state index in [0.717, 1.165) is 24.8 Å². The van der Waals surface area contributed by atoms with Gasteiger partial charge in [-0.3, -0.25) is 5.32 Å². The van der Waals surface area contributed by atoms with Gasteiger partial charge in [-0.05, 0) is 40.0 Å². The Kier molecular flexibility index (Phi) is 3.45. The van der Waals surface area contributed by atoms with Crippen molar-refractivity contribution in [3.8, 4) is 0 Å². The molecule has 0 unspecified atom stereocenters. The zero-order chi connectivity index (χ0) is 14.1. The van der Waals surface area contributed by atoms with Crippen LogP contribution < -0.4 is 11.1 Å². The minimum Gasteiger partial charge on any atom is -0.444 e. The van der Waals surface area contributed by atoms with Gasteiger partial charge in [-0.15, -0.1) is 0 Å². The number of carbonyl (C=O) groups excluding carboxylic acids is 1. The van der Waals surface area contributed by atoms with Gasteiger partial charge >= 0.3 is 6.09 Å². The number of nitrogens with one attached hydrogen (secondary N) is 1. The second kappa shape index (κ2) is 4.77. The van der Waals surface area contributed by atoms with Crippen molar-refractivity contribution in [2.24, 2.45) is 5.73 Å². The van der Waals surface area contributed by atoms with Crippen molar-refractivity contribution in [3.05, 3.63) is 18.0 Å². The van der Waals surface area contributed by atoms with Crippen LogP contribution in [0.4, 0.5) is 10.7 Å². The lowest BCUT2D eigenvalue weighted by Crippen LogP contribution is -2.43. The standard InChI is InChI=1S/C13H20N4O2/c1-12(2,3)19-11(18)17-10-15-7-9(8-16-10)13(14)5-4-6-13/h7-8H,4-6,14H2,1-3H3,(H,15,16,17,18). The molecule has 19 heavy (non-hydrogen) atoms. The number of rotatable bonds is 2. The molecule has 6 heteroatoms. The maximum Gasteiger partial charge on any atom is 0.414 e. The van der Waals surface area contributed by atoms with Crippen LogP contribution in [0.25, 0.3) is 0 Å². The van der Waals surface area contributed by atoms with Gasteiger partial charge in [0.25, 0.3) is 0 Å². The lowest BCUT2D eigenvalue weighted by molar-refractivity contribution is 0.0634. The minimum absolute atomic E-state index is 0.223. The van der Waals surface area contributed by atoms with Gasteiger partial charge in [0, 0.05) is 23.5 Å². The van der Waals surface area contributed by atoms with Crippen molar-refractivity contribution in [3.63, 3.8) is 0 Å². The molecule has 1 heterocycles. The van der Waals surface area contributed by atoms with E-state index in [9.17, 15) is 4.79 Å². The third-order valence-corrected chi connectivity index (χ3v) is 3.09. The summed E-state index contributed by atoms with van der Waals surface area (Å²) in [6.07, 6.45) is 5.81. The van der Waals surface area contributed by atoms with E-state index < -0.39 is 11.7 Å². The Bertz CT molecular complexity index is 461. The van der Waals surface area contributed by atoms with Gasteiger partial charge in [0.15, 0.2) is 0 Å². The molecule has 0 radical (unpaired) electrons. The Morgan fingerprint density at radius 1 is 1.37 bits per heavy atom. The quantitative estimate of drug-likeness (QED) is 0.854. The normalized spacial score (nSPS) is 17.5. The van der Waals surface area contributed by atoms with E-state index in [2.05, 4.69) is 15.3 Å². The second-order valence-electron chi connectivity index (χ2n) is 5.93. The van der Waals surface area contributed by atoms with E-state index in [1.165, 1.54) is 0 Å². The monoisotopic (exact) mass is 264 g/mol. The Morgan fingerprint density at radius 2 is 1.95 bits per heavy atom. The molecule has 3 N–H and O–H groups in total. The molecule has 0 aromatic carbocycles. The summed E-state index contributed by atoms with van der Waals surface area (Å²) in [5, 5.41) is 2.49. The molecule has 6 nitrogen and oxygen atoms in total. The molecule has 1 aromatic heterocycles. The highest BCUT2D eigenvalue weighted by Gasteiger charge is 2.34. The molecule has 0 saturated heterocycles. The molecule has 1 amide bonds. The van der Waals surface area contributed by atoms with Crippen LogP contribution in [-0.4, -0.2) is 21.7 Å². The van der Waals surface area contributed by atoms with Gasteiger partial charge in [-0.1, -0.05) is 0 Å². The van der Waals surface area contributed by atoms with Crippen molar-refractivity contribution < 1.29 is 9.53 Å². The smallest absolute Gasteiger partial charge is 0.414 e. The second-order valence-corrected chi connectivity index (χ2v) is 5.93. The molecule has 0 spiro atoms. The Labute approximate surface area is 112 Å². The predicted octanol–water partition coefficient (Wildman–Crippen LogP) is 2.16. The highest BCUT2D eigenvalue weighted by molar-refractivity contribution is 5.82. The summed E-state index contributed by atoms with van der Waals surface area (Å²) in [7, 11) is 0. The van der Waals surface area contributed by atoms with Crippen LogP contribution >= 0.6 is 0 Å². The van der Waals surface area contributed by atoms with Crippen LogP contribution in [0.1, 0.15) is 45.6 Å². The SMILES string of the molecule is CC(C)(C)OC(=O)Nc1ncc(C2(N)CCC2)cn1. The van der Waals surface area contributed by atoms with Crippen molar-refractivity contribution in [1.82, 2.24) is 9.97 Å². The van der Waals surface area contributed by atoms with Gasteiger partial charge < -0.3 is 10.5 Å². The molecule has 1 aromatic rings. The summed E-state index contributed by atoms with van der Waals surface area (Å²) < 4.78 is 5.12. The average Bonchev–Trinajstić information content (AvgIpc) is 2.24. The van der Waals surface area contributed by atoms with Crippen molar-refractivity contribution in [2.45, 2.75) is 51.2 Å². The number of nitrogens with zero attached hydrogens (tertiary/aromatic N) is 2. The van der Waals surface area contributed by atoms with Gasteiger partial charge in [0.2, 0.25) is 5.95 Å². The maximum atomic E-state index is 11.5. The van der Waals surface area contributed by atoms with E-state index in [4.69, 9.17) is 10.5 Å². The molecule has 0 bridgehead atoms. The lowest BCUT2D eigenvalue weighted by atomic mass is 9.74. The van der Waals surface area contributed by atoms with Gasteiger partial charge in [0.05, 0.1) is 0 Å². The molecule has 2 rings (SSSR count). The Balaban J connectivity index is 1.97. The summed E-state index contributed by atoms with van der Waals surface area (Å²) >= 11 is 0. The molecule has 1 aliphatic rings. The predicted molar refractivity (Wildman–Crippen MR) is 71.6 cm³/mol. The van der Waals surface area contributed by atoms with E-state index in [1.807, 2.05) is 0 Å². The summed E-state index contributed by atoms with van der Waals surface area (Å²) in [5.74, 6) is 0.223. The number of hydrogen-bond donors (Lipinski definition) is 2. The number of aromatic nitrogens is 2. The third kappa shape index (κ3) is 3.41. The van der Waals surface area contributed by atoms with Crippen molar-refractivity contribution in [1.29, 1.82) is 0 Å². The molecular formula is C13H20N4O2. The highest BCUT2D eigenvalue weighted by atomic mass is 16.6. The Morgan fingerprint density at radius 3 is 2.37 bits per heavy atom. The topological polar surface area (TPSA) is 90.1 Å². The molecule has 1 aliphatic carbocycles. The van der Waals surface area contributed by atoms with Crippen LogP contribution in [0.5, 0.6) is 0 Å². The van der Waals surface area contributed by atoms with E-state index >= 15 is 0 Å². The van der Waals surface area contributed by atoms with Crippen LogP contribution in [0, 0.1) is 0 Å². The lowest BCUT2D eigenvalue weighted by Gasteiger charge is -2.37. The number of anilines is 1. The third-order valence-electron chi connectivity index (χ3n) is 3.09. The molecule has 1 fully saturated rings. The van der Waals surface area contributed by atoms with Crippen LogP contribution in [0.15, 0.2) is 12.4 Å². The summed E-state index contributed by atoms with van der Waals surface area (Å²) in [6.45, 7) is 5.39. The van der Waals surface area contributed by atoms with E-state index in [1.54, 1.807) is 33.2 Å². The largest absolute Gasteiger partial charge is 0.444 e. The van der Waals surface area contributed by atoms with Crippen molar-refractivity contribution in [2.75, 3.05) is 5.32 Å². The fourth-order valence-corrected chi connectivity index (χ4v) is 1.89. The first-order valence-corrected chi connectivity index (χ1v) is 6.40. The summed E-state index contributed by atoms with van der Waals surface area (Å²) in [4.78, 5) is 19.7. The molecular weight excluding hydrogens is 244 g/mol. The summed E-state index contributed by atoms with van der Waals surface area (Å²) in [5.41, 5.74) is 6.25. The molecule has 0 atom stereocenters. The first kappa shape index (κ1) is 13.7. The number of carbonyl (C=O) groups is 1. The highest BCUT2D eigenvalue weighted by Crippen LogP contribution is 2.37. The Hall–Kier alpha value is -1.69. The fraction of sp³-hybridized carbons (Fsp3) is 0.615. The number of nitrogens with two attached hydrogens (primary N) is 1. The molecule has 1 saturated carbocycles. The van der Waals surface area contributed by atoms with Crippen molar-refractivity contribution >= 4 is 12.0 Å². The zero-order valence-corrected chi connectivity index (χ0v) is 11.6. The first-order valence-electron chi connectivity index (χ1n) is 6.40. The number of ether oxygens (including phenoxy) is 1.